The molecule has 180 valence electrons. The molecule has 2 aromatic heterocycles. The maximum absolute atomic E-state index is 14.5. The van der Waals surface area contributed by atoms with E-state index in [-0.39, 0.29) is 22.6 Å². The number of carbonyl (C=O) groups is 1. The number of aromatic nitrogens is 3. The Balaban J connectivity index is 1.92. The molecule has 0 unspecified atom stereocenters. The molecule has 1 aliphatic rings. The fraction of sp³-hybridized carbons (Fsp3) is 0.364. The van der Waals surface area contributed by atoms with Gasteiger partial charge in [0.25, 0.3) is 5.91 Å². The van der Waals surface area contributed by atoms with Crippen molar-refractivity contribution in [1.29, 1.82) is 0 Å². The van der Waals surface area contributed by atoms with Gasteiger partial charge in [-0.25, -0.2) is 14.4 Å². The van der Waals surface area contributed by atoms with E-state index < -0.39 is 53.0 Å². The number of amides is 1. The van der Waals surface area contributed by atoms with Gasteiger partial charge in [0.1, 0.15) is 11.8 Å². The molecular weight excluding hydrogens is 463 g/mol. The molecule has 3 heterocycles. The average molecular weight is 482 g/mol. The number of ether oxygens (including phenoxy) is 2. The summed E-state index contributed by atoms with van der Waals surface area (Å²) in [6.45, 7) is 2.18. The molecule has 4 rings (SSSR count). The molecule has 12 heteroatoms. The van der Waals surface area contributed by atoms with Crippen molar-refractivity contribution < 1.29 is 36.2 Å². The van der Waals surface area contributed by atoms with E-state index in [0.717, 1.165) is 26.2 Å². The fourth-order valence-corrected chi connectivity index (χ4v) is 4.25. The second kappa shape index (κ2) is 8.12. The number of rotatable bonds is 4. The molecule has 0 aliphatic carbocycles. The van der Waals surface area contributed by atoms with E-state index in [1.165, 1.54) is 25.4 Å². The number of nitrogens with two attached hydrogens (primary N) is 1. The van der Waals surface area contributed by atoms with Crippen LogP contribution in [0, 0.1) is 17.6 Å². The summed E-state index contributed by atoms with van der Waals surface area (Å²) in [4.78, 5) is 23.8. The number of primary amides is 1. The molecule has 34 heavy (non-hydrogen) atoms. The molecule has 2 N–H and O–H groups in total. The van der Waals surface area contributed by atoms with E-state index in [0.29, 0.717) is 5.39 Å². The lowest BCUT2D eigenvalue weighted by molar-refractivity contribution is -0.275. The first-order chi connectivity index (χ1) is 15.9. The van der Waals surface area contributed by atoms with Gasteiger partial charge in [0.15, 0.2) is 23.0 Å². The molecular formula is C22H19F5N4O3. The Hall–Kier alpha value is -3.41. The Bertz CT molecular complexity index is 1290. The lowest BCUT2D eigenvalue weighted by atomic mass is 9.77. The van der Waals surface area contributed by atoms with Crippen LogP contribution in [0.3, 0.4) is 0 Å². The van der Waals surface area contributed by atoms with E-state index in [4.69, 9.17) is 15.2 Å². The van der Waals surface area contributed by atoms with Gasteiger partial charge >= 0.3 is 6.18 Å². The first-order valence-corrected chi connectivity index (χ1v) is 10.1. The summed E-state index contributed by atoms with van der Waals surface area (Å²) in [6, 6.07) is 3.25. The molecule has 1 aromatic carbocycles. The molecule has 0 saturated carbocycles. The quantitative estimate of drug-likeness (QED) is 0.559. The van der Waals surface area contributed by atoms with Crippen LogP contribution in [-0.2, 0) is 4.74 Å². The lowest BCUT2D eigenvalue weighted by Crippen LogP contribution is -2.46. The van der Waals surface area contributed by atoms with Crippen molar-refractivity contribution in [1.82, 2.24) is 15.0 Å². The Kier molecular flexibility index (Phi) is 5.67. The number of hydrogen-bond donors (Lipinski definition) is 1. The smallest absolute Gasteiger partial charge is 0.417 e. The number of methoxy groups -OCH3 is 1. The molecule has 0 bridgehead atoms. The topological polar surface area (TPSA) is 100 Å². The Morgan fingerprint density at radius 1 is 1.21 bits per heavy atom. The van der Waals surface area contributed by atoms with Crippen molar-refractivity contribution in [2.75, 3.05) is 7.11 Å². The van der Waals surface area contributed by atoms with Crippen molar-refractivity contribution in [3.05, 3.63) is 59.3 Å². The highest BCUT2D eigenvalue weighted by Gasteiger charge is 2.65. The van der Waals surface area contributed by atoms with Crippen LogP contribution < -0.4 is 10.5 Å². The number of hydrogen-bond acceptors (Lipinski definition) is 6. The summed E-state index contributed by atoms with van der Waals surface area (Å²) >= 11 is 0. The van der Waals surface area contributed by atoms with Gasteiger partial charge in [-0.15, -0.1) is 0 Å². The third kappa shape index (κ3) is 3.61. The number of alkyl halides is 3. The van der Waals surface area contributed by atoms with Crippen LogP contribution in [0.25, 0.3) is 10.9 Å². The average Bonchev–Trinajstić information content (AvgIpc) is 3.06. The van der Waals surface area contributed by atoms with Crippen molar-refractivity contribution in [2.24, 2.45) is 11.7 Å². The molecule has 4 atom stereocenters. The van der Waals surface area contributed by atoms with E-state index in [9.17, 15) is 26.7 Å². The Labute approximate surface area is 190 Å². The molecule has 0 radical (unpaired) electrons. The van der Waals surface area contributed by atoms with Gasteiger partial charge in [0.05, 0.1) is 12.6 Å². The third-order valence-electron chi connectivity index (χ3n) is 6.30. The number of carbonyl (C=O) groups excluding carboxylic acids is 1. The largest absolute Gasteiger partial charge is 0.493 e. The van der Waals surface area contributed by atoms with Crippen LogP contribution in [0.5, 0.6) is 5.75 Å². The fourth-order valence-electron chi connectivity index (χ4n) is 4.25. The molecule has 7 nitrogen and oxygen atoms in total. The van der Waals surface area contributed by atoms with Gasteiger partial charge in [0.2, 0.25) is 5.82 Å². The minimum atomic E-state index is -4.80. The summed E-state index contributed by atoms with van der Waals surface area (Å²) in [5.41, 5.74) is 2.66. The maximum Gasteiger partial charge on any atom is 0.417 e. The van der Waals surface area contributed by atoms with Gasteiger partial charge in [-0.1, -0.05) is 13.0 Å². The zero-order chi connectivity index (χ0) is 25.0. The Morgan fingerprint density at radius 3 is 2.50 bits per heavy atom. The van der Waals surface area contributed by atoms with Crippen LogP contribution in [-0.4, -0.2) is 39.7 Å². The summed E-state index contributed by atoms with van der Waals surface area (Å²) < 4.78 is 81.2. The standard InChI is InChI=1S/C22H19F5N4O3/c1-9-15(11-4-5-12(23)16(24)17(11)33-3)18(34-21(9,2)22(25,26)27)20-30-8-10-7-29-14(19(28)32)6-13(10)31-20/h4-9,15,18H,1-3H3,(H2,28,32)/t9-,15-,18+,21+/m0/s1. The summed E-state index contributed by atoms with van der Waals surface area (Å²) in [5, 5.41) is 0.403. The SMILES string of the molecule is COc1c([C@H]2[C@H](c3ncc4cnc(C(N)=O)cc4n3)O[C@@](C)(C(F)(F)F)[C@H]2C)ccc(F)c1F. The first-order valence-electron chi connectivity index (χ1n) is 10.1. The van der Waals surface area contributed by atoms with Gasteiger partial charge in [0, 0.05) is 35.2 Å². The highest BCUT2D eigenvalue weighted by molar-refractivity contribution is 5.94. The number of pyridine rings is 1. The van der Waals surface area contributed by atoms with Crippen molar-refractivity contribution in [3.8, 4) is 5.75 Å². The van der Waals surface area contributed by atoms with Crippen LogP contribution in [0.15, 0.2) is 30.6 Å². The van der Waals surface area contributed by atoms with Gasteiger partial charge < -0.3 is 15.2 Å². The second-order valence-electron chi connectivity index (χ2n) is 8.16. The van der Waals surface area contributed by atoms with E-state index >= 15 is 0 Å². The monoisotopic (exact) mass is 482 g/mol. The summed E-state index contributed by atoms with van der Waals surface area (Å²) in [7, 11) is 1.09. The van der Waals surface area contributed by atoms with E-state index in [2.05, 4.69) is 15.0 Å². The molecule has 1 saturated heterocycles. The summed E-state index contributed by atoms with van der Waals surface area (Å²) in [6.07, 6.45) is -3.60. The van der Waals surface area contributed by atoms with Crippen LogP contribution in [0.1, 0.15) is 47.7 Å². The third-order valence-corrected chi connectivity index (χ3v) is 6.30. The minimum Gasteiger partial charge on any atom is -0.493 e. The van der Waals surface area contributed by atoms with Crippen LogP contribution >= 0.6 is 0 Å². The first kappa shape index (κ1) is 23.7. The van der Waals surface area contributed by atoms with Crippen LogP contribution in [0.4, 0.5) is 22.0 Å². The maximum atomic E-state index is 14.5. The second-order valence-corrected chi connectivity index (χ2v) is 8.16. The number of halogens is 5. The number of nitrogens with zero attached hydrogens (tertiary/aromatic N) is 3. The van der Waals surface area contributed by atoms with Crippen LogP contribution in [0.2, 0.25) is 0 Å². The van der Waals surface area contributed by atoms with Gasteiger partial charge in [-0.2, -0.15) is 17.6 Å². The van der Waals surface area contributed by atoms with E-state index in [1.807, 2.05) is 0 Å². The van der Waals surface area contributed by atoms with Gasteiger partial charge in [-0.3, -0.25) is 9.78 Å². The molecule has 1 aliphatic heterocycles. The number of benzene rings is 1. The lowest BCUT2D eigenvalue weighted by Gasteiger charge is -2.32. The molecule has 1 fully saturated rings. The normalized spacial score (nSPS) is 25.0. The summed E-state index contributed by atoms with van der Waals surface area (Å²) in [5.74, 6) is -6.47. The minimum absolute atomic E-state index is 0.0249. The highest BCUT2D eigenvalue weighted by atomic mass is 19.4. The van der Waals surface area contributed by atoms with Crippen molar-refractivity contribution in [3.63, 3.8) is 0 Å². The zero-order valence-corrected chi connectivity index (χ0v) is 18.2. The number of fused-ring (bicyclic) bond motifs is 1. The van der Waals surface area contributed by atoms with E-state index in [1.54, 1.807) is 0 Å². The highest BCUT2D eigenvalue weighted by Crippen LogP contribution is 2.59. The Morgan fingerprint density at radius 2 is 1.88 bits per heavy atom. The van der Waals surface area contributed by atoms with Gasteiger partial charge in [-0.05, 0) is 19.1 Å². The van der Waals surface area contributed by atoms with Crippen molar-refractivity contribution >= 4 is 16.8 Å². The van der Waals surface area contributed by atoms with Crippen molar-refractivity contribution in [2.45, 2.75) is 37.6 Å². The zero-order valence-electron chi connectivity index (χ0n) is 18.2. The predicted octanol–water partition coefficient (Wildman–Crippen LogP) is 4.22. The predicted molar refractivity (Wildman–Crippen MR) is 109 cm³/mol. The molecule has 0 spiro atoms. The molecule has 3 aromatic rings. The molecule has 1 amide bonds.